The first kappa shape index (κ1) is 25.1. The highest BCUT2D eigenvalue weighted by Gasteiger charge is 2.55. The molecule has 0 spiro atoms. The largest absolute Gasteiger partial charge is 0.477 e. The normalized spacial score (nSPS) is 17.2. The van der Waals surface area contributed by atoms with E-state index in [1.807, 2.05) is 12.2 Å². The highest BCUT2D eigenvalue weighted by Crippen LogP contribution is 2.32. The number of rotatable bonds is 15. The van der Waals surface area contributed by atoms with Crippen LogP contribution in [-0.2, 0) is 14.4 Å². The molecule has 0 aliphatic carbocycles. The smallest absolute Gasteiger partial charge is 0.362 e. The van der Waals surface area contributed by atoms with Gasteiger partial charge < -0.3 is 15.3 Å². The van der Waals surface area contributed by atoms with Gasteiger partial charge >= 0.3 is 17.9 Å². The Kier molecular flexibility index (Phi) is 11.6. The number of hydrogen-bond acceptors (Lipinski definition) is 3. The summed E-state index contributed by atoms with van der Waals surface area (Å²) >= 11 is 0. The van der Waals surface area contributed by atoms with Crippen LogP contribution in [0.25, 0.3) is 0 Å². The van der Waals surface area contributed by atoms with E-state index in [2.05, 4.69) is 6.92 Å². The lowest BCUT2D eigenvalue weighted by Gasteiger charge is -2.49. The van der Waals surface area contributed by atoms with Gasteiger partial charge in [0.25, 0.3) is 0 Å². The highest BCUT2D eigenvalue weighted by atomic mass is 16.4. The van der Waals surface area contributed by atoms with E-state index in [-0.39, 0.29) is 25.8 Å². The molecule has 0 aliphatic rings. The Labute approximate surface area is 162 Å². The van der Waals surface area contributed by atoms with Crippen molar-refractivity contribution in [2.45, 2.75) is 90.8 Å². The Hall–Kier alpha value is -1.89. The van der Waals surface area contributed by atoms with Gasteiger partial charge in [-0.3, -0.25) is 4.48 Å². The lowest BCUT2D eigenvalue weighted by molar-refractivity contribution is -0.973. The zero-order valence-electron chi connectivity index (χ0n) is 17.1. The first-order valence-corrected chi connectivity index (χ1v) is 9.94. The van der Waals surface area contributed by atoms with Crippen LogP contribution in [0.4, 0.5) is 0 Å². The number of carbonyl (C=O) groups is 3. The number of hydrogen-bond donors (Lipinski definition) is 3. The summed E-state index contributed by atoms with van der Waals surface area (Å²) in [4.78, 5) is 36.1. The predicted molar refractivity (Wildman–Crippen MR) is 104 cm³/mol. The first-order chi connectivity index (χ1) is 12.7. The van der Waals surface area contributed by atoms with Crippen molar-refractivity contribution in [2.24, 2.45) is 0 Å². The maximum absolute atomic E-state index is 12.0. The van der Waals surface area contributed by atoms with Crippen molar-refractivity contribution in [1.82, 2.24) is 0 Å². The molecule has 0 aromatic carbocycles. The molecule has 0 fully saturated rings. The van der Waals surface area contributed by atoms with E-state index in [1.54, 1.807) is 20.8 Å². The number of quaternary nitrogens is 1. The second-order valence-corrected chi connectivity index (χ2v) is 6.91. The summed E-state index contributed by atoms with van der Waals surface area (Å²) in [5.74, 6) is -3.42. The van der Waals surface area contributed by atoms with E-state index in [0.29, 0.717) is 12.8 Å². The maximum Gasteiger partial charge on any atom is 0.362 e. The average Bonchev–Trinajstić information content (AvgIpc) is 2.58. The highest BCUT2D eigenvalue weighted by molar-refractivity contribution is 5.78. The Bertz CT molecular complexity index is 462. The fourth-order valence-corrected chi connectivity index (χ4v) is 4.16. The second kappa shape index (κ2) is 12.5. The molecule has 156 valence electrons. The van der Waals surface area contributed by atoms with Crippen molar-refractivity contribution in [2.75, 3.05) is 6.54 Å². The molecule has 7 heteroatoms. The molecular formula is C20H36NO6+. The number of carboxylic acid groups (broad SMARTS) is 3. The van der Waals surface area contributed by atoms with Gasteiger partial charge in [0.2, 0.25) is 0 Å². The third-order valence-electron chi connectivity index (χ3n) is 5.29. The van der Waals surface area contributed by atoms with Crippen LogP contribution in [0.3, 0.4) is 0 Å². The SMILES string of the molecule is CCC/C=C/CCC[N+](C(CC)C(=O)O)(C(CC)C(=O)O)C(CC)C(=O)O. The molecule has 7 nitrogen and oxygen atoms in total. The molecule has 27 heavy (non-hydrogen) atoms. The summed E-state index contributed by atoms with van der Waals surface area (Å²) in [6.45, 7) is 7.31. The minimum absolute atomic E-state index is 0.175. The molecule has 3 atom stereocenters. The fourth-order valence-electron chi connectivity index (χ4n) is 4.16. The topological polar surface area (TPSA) is 112 Å². The molecule has 0 rings (SSSR count). The van der Waals surface area contributed by atoms with E-state index < -0.39 is 40.5 Å². The summed E-state index contributed by atoms with van der Waals surface area (Å²) in [5.41, 5.74) is 0. The maximum atomic E-state index is 12.0. The van der Waals surface area contributed by atoms with Crippen molar-refractivity contribution < 1.29 is 34.2 Å². The molecule has 0 aromatic heterocycles. The quantitative estimate of drug-likeness (QED) is 0.225. The van der Waals surface area contributed by atoms with Gasteiger partial charge in [0.05, 0.1) is 6.54 Å². The van der Waals surface area contributed by atoms with Crippen LogP contribution in [0.5, 0.6) is 0 Å². The van der Waals surface area contributed by atoms with Crippen molar-refractivity contribution in [1.29, 1.82) is 0 Å². The third-order valence-corrected chi connectivity index (χ3v) is 5.29. The molecule has 0 amide bonds. The lowest BCUT2D eigenvalue weighted by Crippen LogP contribution is -2.72. The van der Waals surface area contributed by atoms with E-state index >= 15 is 0 Å². The molecule has 0 heterocycles. The van der Waals surface area contributed by atoms with Crippen LogP contribution in [0.1, 0.15) is 72.6 Å². The van der Waals surface area contributed by atoms with Crippen LogP contribution < -0.4 is 0 Å². The van der Waals surface area contributed by atoms with Crippen molar-refractivity contribution in [3.63, 3.8) is 0 Å². The van der Waals surface area contributed by atoms with Crippen LogP contribution in [0, 0.1) is 0 Å². The lowest BCUT2D eigenvalue weighted by atomic mass is 9.94. The average molecular weight is 387 g/mol. The molecule has 0 aromatic rings. The summed E-state index contributed by atoms with van der Waals surface area (Å²) in [5, 5.41) is 29.5. The number of carboxylic acids is 3. The zero-order chi connectivity index (χ0) is 21.0. The fraction of sp³-hybridized carbons (Fsp3) is 0.750. The van der Waals surface area contributed by atoms with Gasteiger partial charge in [-0.2, -0.15) is 0 Å². The van der Waals surface area contributed by atoms with Crippen LogP contribution in [-0.4, -0.2) is 62.4 Å². The molecule has 0 saturated carbocycles. The number of unbranched alkanes of at least 4 members (excludes halogenated alkanes) is 2. The molecule has 3 N–H and O–H groups in total. The summed E-state index contributed by atoms with van der Waals surface area (Å²) < 4.78 is -0.439. The van der Waals surface area contributed by atoms with Gasteiger partial charge in [0, 0.05) is 25.7 Å². The Balaban J connectivity index is 6.17. The third kappa shape index (κ3) is 6.34. The van der Waals surface area contributed by atoms with Crippen molar-refractivity contribution in [3.8, 4) is 0 Å². The van der Waals surface area contributed by atoms with E-state index in [1.165, 1.54) is 0 Å². The zero-order valence-corrected chi connectivity index (χ0v) is 17.1. The van der Waals surface area contributed by atoms with Crippen molar-refractivity contribution in [3.05, 3.63) is 12.2 Å². The molecular weight excluding hydrogens is 350 g/mol. The Morgan fingerprint density at radius 1 is 0.741 bits per heavy atom. The molecule has 0 saturated heterocycles. The standard InChI is InChI=1S/C20H35NO6/c1-5-9-10-11-12-13-14-21(15(6-2)18(22)23,16(7-3)19(24)25)17(8-4)20(26)27/h10-11,15-17H,5-9,12-14H2,1-4H3,(H2-,22,23,24,25,26,27)/p+1/b11-10+. The number of allylic oxidation sites excluding steroid dienone is 2. The predicted octanol–water partition coefficient (Wildman–Crippen LogP) is 3.53. The van der Waals surface area contributed by atoms with Crippen LogP contribution in [0.2, 0.25) is 0 Å². The van der Waals surface area contributed by atoms with Crippen LogP contribution >= 0.6 is 0 Å². The van der Waals surface area contributed by atoms with E-state index in [9.17, 15) is 29.7 Å². The van der Waals surface area contributed by atoms with Gasteiger partial charge in [0.1, 0.15) is 0 Å². The number of nitrogens with zero attached hydrogens (tertiary/aromatic N) is 1. The Morgan fingerprint density at radius 2 is 1.11 bits per heavy atom. The minimum atomic E-state index is -1.14. The summed E-state index contributed by atoms with van der Waals surface area (Å²) in [6, 6.07) is -3.23. The molecule has 0 bridgehead atoms. The Morgan fingerprint density at radius 3 is 1.41 bits per heavy atom. The summed E-state index contributed by atoms with van der Waals surface area (Å²) in [6.07, 6.45) is 7.76. The number of aliphatic carboxylic acids is 3. The monoisotopic (exact) mass is 386 g/mol. The van der Waals surface area contributed by atoms with E-state index in [0.717, 1.165) is 12.8 Å². The second-order valence-electron chi connectivity index (χ2n) is 6.91. The summed E-state index contributed by atoms with van der Waals surface area (Å²) in [7, 11) is 0. The van der Waals surface area contributed by atoms with Gasteiger partial charge in [-0.1, -0.05) is 46.3 Å². The van der Waals surface area contributed by atoms with E-state index in [4.69, 9.17) is 0 Å². The van der Waals surface area contributed by atoms with Gasteiger partial charge in [-0.25, -0.2) is 14.4 Å². The van der Waals surface area contributed by atoms with Crippen molar-refractivity contribution >= 4 is 17.9 Å². The minimum Gasteiger partial charge on any atom is -0.477 e. The molecule has 0 radical (unpaired) electrons. The molecule has 3 unspecified atom stereocenters. The van der Waals surface area contributed by atoms with Gasteiger partial charge in [-0.05, 0) is 12.8 Å². The van der Waals surface area contributed by atoms with Gasteiger partial charge in [0.15, 0.2) is 18.1 Å². The first-order valence-electron chi connectivity index (χ1n) is 9.94. The van der Waals surface area contributed by atoms with Gasteiger partial charge in [-0.15, -0.1) is 0 Å². The van der Waals surface area contributed by atoms with Crippen LogP contribution in [0.15, 0.2) is 12.2 Å². The molecule has 0 aliphatic heterocycles.